The fourth-order valence-electron chi connectivity index (χ4n) is 0.870. The molecule has 0 aliphatic heterocycles. The number of nitrogens with zero attached hydrogens (tertiary/aromatic N) is 1. The van der Waals surface area contributed by atoms with E-state index < -0.39 is 6.10 Å². The minimum Gasteiger partial charge on any atom is -0.386 e. The van der Waals surface area contributed by atoms with E-state index in [0.29, 0.717) is 9.34 Å². The molecule has 1 rings (SSSR count). The lowest BCUT2D eigenvalue weighted by Gasteiger charge is -2.13. The third kappa shape index (κ3) is 2.19. The van der Waals surface area contributed by atoms with Gasteiger partial charge in [0.1, 0.15) is 15.4 Å². The highest BCUT2D eigenvalue weighted by Gasteiger charge is 2.17. The molecule has 0 spiro atoms. The smallest absolute Gasteiger partial charge is 0.123 e. The first kappa shape index (κ1) is 9.96. The number of thiazole rings is 1. The molecule has 4 heteroatoms. The van der Waals surface area contributed by atoms with Crippen molar-refractivity contribution in [3.63, 3.8) is 0 Å². The van der Waals surface area contributed by atoms with Crippen LogP contribution >= 0.6 is 22.9 Å². The van der Waals surface area contributed by atoms with E-state index in [2.05, 4.69) is 4.98 Å². The number of rotatable bonds is 3. The normalized spacial score (nSPS) is 16.0. The third-order valence-corrected chi connectivity index (χ3v) is 3.12. The summed E-state index contributed by atoms with van der Waals surface area (Å²) in [5.41, 5.74) is 0. The van der Waals surface area contributed by atoms with E-state index in [-0.39, 0.29) is 5.92 Å². The lowest BCUT2D eigenvalue weighted by atomic mass is 10.0. The van der Waals surface area contributed by atoms with Gasteiger partial charge in [0.2, 0.25) is 0 Å². The zero-order chi connectivity index (χ0) is 9.14. The van der Waals surface area contributed by atoms with E-state index in [4.69, 9.17) is 11.6 Å². The molecule has 0 aliphatic rings. The van der Waals surface area contributed by atoms with Gasteiger partial charge in [-0.3, -0.25) is 0 Å². The Kier molecular flexibility index (Phi) is 3.50. The second kappa shape index (κ2) is 4.21. The Balaban J connectivity index is 2.70. The number of hydrogen-bond donors (Lipinski definition) is 1. The molecule has 0 amide bonds. The van der Waals surface area contributed by atoms with E-state index in [1.807, 2.05) is 13.8 Å². The Morgan fingerprint density at radius 1 is 1.75 bits per heavy atom. The minimum absolute atomic E-state index is 0.243. The fourth-order valence-corrected chi connectivity index (χ4v) is 1.92. The first-order valence-electron chi connectivity index (χ1n) is 3.94. The van der Waals surface area contributed by atoms with Crippen molar-refractivity contribution in [1.82, 2.24) is 4.98 Å². The van der Waals surface area contributed by atoms with Gasteiger partial charge in [-0.1, -0.05) is 31.9 Å². The van der Waals surface area contributed by atoms with Crippen molar-refractivity contribution >= 4 is 22.9 Å². The molecular weight excluding hydrogens is 194 g/mol. The number of halogens is 1. The third-order valence-electron chi connectivity index (χ3n) is 1.93. The SMILES string of the molecule is CCC(C)C(O)c1ncc(Cl)s1. The summed E-state index contributed by atoms with van der Waals surface area (Å²) < 4.78 is 0.632. The van der Waals surface area contributed by atoms with E-state index in [0.717, 1.165) is 6.42 Å². The minimum atomic E-state index is -0.465. The average molecular weight is 206 g/mol. The maximum absolute atomic E-state index is 9.69. The number of aromatic nitrogens is 1. The molecule has 1 aromatic heterocycles. The van der Waals surface area contributed by atoms with Crippen LogP contribution in [-0.4, -0.2) is 10.1 Å². The van der Waals surface area contributed by atoms with Gasteiger partial charge >= 0.3 is 0 Å². The van der Waals surface area contributed by atoms with E-state index >= 15 is 0 Å². The van der Waals surface area contributed by atoms with Crippen molar-refractivity contribution in [2.45, 2.75) is 26.4 Å². The summed E-state index contributed by atoms with van der Waals surface area (Å²) in [6.45, 7) is 4.04. The first-order valence-corrected chi connectivity index (χ1v) is 5.14. The highest BCUT2D eigenvalue weighted by atomic mass is 35.5. The van der Waals surface area contributed by atoms with Crippen LogP contribution in [0.3, 0.4) is 0 Å². The lowest BCUT2D eigenvalue weighted by molar-refractivity contribution is 0.115. The van der Waals surface area contributed by atoms with E-state index in [9.17, 15) is 5.11 Å². The van der Waals surface area contributed by atoms with Gasteiger partial charge in [-0.15, -0.1) is 11.3 Å². The van der Waals surface area contributed by atoms with Crippen LogP contribution < -0.4 is 0 Å². The van der Waals surface area contributed by atoms with Gasteiger partial charge in [0.15, 0.2) is 0 Å². The maximum atomic E-state index is 9.69. The number of aliphatic hydroxyl groups is 1. The molecule has 1 heterocycles. The zero-order valence-electron chi connectivity index (χ0n) is 7.12. The summed E-state index contributed by atoms with van der Waals surface area (Å²) in [4.78, 5) is 4.02. The molecule has 2 unspecified atom stereocenters. The monoisotopic (exact) mass is 205 g/mol. The number of aliphatic hydroxyl groups excluding tert-OH is 1. The Bertz CT molecular complexity index is 251. The molecule has 0 saturated heterocycles. The van der Waals surface area contributed by atoms with Crippen LogP contribution in [0.1, 0.15) is 31.4 Å². The highest BCUT2D eigenvalue weighted by Crippen LogP contribution is 2.29. The van der Waals surface area contributed by atoms with Gasteiger partial charge in [-0.25, -0.2) is 4.98 Å². The topological polar surface area (TPSA) is 33.1 Å². The molecule has 0 fully saturated rings. The Morgan fingerprint density at radius 3 is 2.83 bits per heavy atom. The molecular formula is C8H12ClNOS. The highest BCUT2D eigenvalue weighted by molar-refractivity contribution is 7.15. The fraction of sp³-hybridized carbons (Fsp3) is 0.625. The van der Waals surface area contributed by atoms with Crippen LogP contribution in [0.5, 0.6) is 0 Å². The maximum Gasteiger partial charge on any atom is 0.123 e. The van der Waals surface area contributed by atoms with Crippen LogP contribution in [0.25, 0.3) is 0 Å². The summed E-state index contributed by atoms with van der Waals surface area (Å²) in [5.74, 6) is 0.243. The van der Waals surface area contributed by atoms with Crippen molar-refractivity contribution < 1.29 is 5.11 Å². The van der Waals surface area contributed by atoms with Gasteiger partial charge < -0.3 is 5.11 Å². The molecule has 2 nitrogen and oxygen atoms in total. The molecule has 0 aromatic carbocycles. The molecule has 0 saturated carbocycles. The van der Waals surface area contributed by atoms with Crippen LogP contribution in [0.4, 0.5) is 0 Å². The zero-order valence-corrected chi connectivity index (χ0v) is 8.69. The van der Waals surface area contributed by atoms with Crippen molar-refractivity contribution in [3.05, 3.63) is 15.5 Å². The summed E-state index contributed by atoms with van der Waals surface area (Å²) in [5, 5.41) is 10.4. The molecule has 2 atom stereocenters. The van der Waals surface area contributed by atoms with Gasteiger partial charge in [0.25, 0.3) is 0 Å². The predicted molar refractivity (Wildman–Crippen MR) is 51.5 cm³/mol. The predicted octanol–water partition coefficient (Wildman–Crippen LogP) is 2.88. The summed E-state index contributed by atoms with van der Waals surface area (Å²) >= 11 is 7.04. The summed E-state index contributed by atoms with van der Waals surface area (Å²) in [6.07, 6.45) is 2.05. The van der Waals surface area contributed by atoms with Crippen molar-refractivity contribution in [1.29, 1.82) is 0 Å². The van der Waals surface area contributed by atoms with Crippen LogP contribution in [0, 0.1) is 5.92 Å². The molecule has 1 N–H and O–H groups in total. The van der Waals surface area contributed by atoms with Gasteiger partial charge in [-0.05, 0) is 5.92 Å². The summed E-state index contributed by atoms with van der Waals surface area (Å²) in [6, 6.07) is 0. The molecule has 1 aromatic rings. The largest absolute Gasteiger partial charge is 0.386 e. The molecule has 0 radical (unpaired) electrons. The van der Waals surface area contributed by atoms with Crippen molar-refractivity contribution in [3.8, 4) is 0 Å². The average Bonchev–Trinajstić information content (AvgIpc) is 2.49. The Morgan fingerprint density at radius 2 is 2.42 bits per heavy atom. The van der Waals surface area contributed by atoms with Crippen molar-refractivity contribution in [2.24, 2.45) is 5.92 Å². The van der Waals surface area contributed by atoms with E-state index in [1.54, 1.807) is 6.20 Å². The van der Waals surface area contributed by atoms with Gasteiger partial charge in [0.05, 0.1) is 6.20 Å². The Hall–Kier alpha value is -0.120. The second-order valence-corrected chi connectivity index (χ2v) is 4.53. The Labute approximate surface area is 81.2 Å². The van der Waals surface area contributed by atoms with Crippen LogP contribution in [0.2, 0.25) is 4.34 Å². The second-order valence-electron chi connectivity index (χ2n) is 2.83. The molecule has 12 heavy (non-hydrogen) atoms. The van der Waals surface area contributed by atoms with Gasteiger partial charge in [0, 0.05) is 0 Å². The van der Waals surface area contributed by atoms with Gasteiger partial charge in [-0.2, -0.15) is 0 Å². The standard InChI is InChI=1S/C8H12ClNOS/c1-3-5(2)7(11)8-10-4-6(9)12-8/h4-5,7,11H,3H2,1-2H3. The van der Waals surface area contributed by atoms with Crippen LogP contribution in [0.15, 0.2) is 6.20 Å². The first-order chi connectivity index (χ1) is 5.65. The number of hydrogen-bond acceptors (Lipinski definition) is 3. The van der Waals surface area contributed by atoms with Crippen LogP contribution in [-0.2, 0) is 0 Å². The molecule has 0 aliphatic carbocycles. The van der Waals surface area contributed by atoms with Crippen molar-refractivity contribution in [2.75, 3.05) is 0 Å². The lowest BCUT2D eigenvalue weighted by Crippen LogP contribution is -2.07. The summed E-state index contributed by atoms with van der Waals surface area (Å²) in [7, 11) is 0. The quantitative estimate of drug-likeness (QED) is 0.823. The molecule has 0 bridgehead atoms. The molecule has 68 valence electrons. The van der Waals surface area contributed by atoms with E-state index in [1.165, 1.54) is 11.3 Å².